The van der Waals surface area contributed by atoms with E-state index >= 15 is 0 Å². The average molecular weight is 114 g/mol. The van der Waals surface area contributed by atoms with Crippen LogP contribution in [0.1, 0.15) is 0 Å². The third-order valence-electron chi connectivity index (χ3n) is 0.881. The molecule has 42 valence electrons. The molecule has 0 aromatic carbocycles. The van der Waals surface area contributed by atoms with E-state index in [-0.39, 0.29) is 5.57 Å². The minimum absolute atomic E-state index is 0.0185. The number of halogens is 2. The summed E-state index contributed by atoms with van der Waals surface area (Å²) in [5.74, 6) is 0. The average Bonchev–Trinajstić information content (AvgIpc) is 2.12. The zero-order chi connectivity index (χ0) is 5.98. The van der Waals surface area contributed by atoms with Gasteiger partial charge in [0.15, 0.2) is 0 Å². The first-order valence-electron chi connectivity index (χ1n) is 2.21. The summed E-state index contributed by atoms with van der Waals surface area (Å²) >= 11 is 0. The quantitative estimate of drug-likeness (QED) is 0.453. The van der Waals surface area contributed by atoms with Gasteiger partial charge in [0.25, 0.3) is 6.08 Å². The van der Waals surface area contributed by atoms with E-state index < -0.39 is 6.08 Å². The Morgan fingerprint density at radius 2 is 1.62 bits per heavy atom. The van der Waals surface area contributed by atoms with Crippen molar-refractivity contribution in [1.82, 2.24) is 0 Å². The first-order chi connectivity index (χ1) is 3.80. The fourth-order valence-electron chi connectivity index (χ4n) is 0.500. The Labute approximate surface area is 45.8 Å². The van der Waals surface area contributed by atoms with E-state index in [1.54, 1.807) is 12.2 Å². The van der Waals surface area contributed by atoms with Gasteiger partial charge in [-0.25, -0.2) is 0 Å². The lowest BCUT2D eigenvalue weighted by molar-refractivity contribution is 0.417. The van der Waals surface area contributed by atoms with Crippen LogP contribution < -0.4 is 0 Å². The zero-order valence-corrected chi connectivity index (χ0v) is 4.07. The highest BCUT2D eigenvalue weighted by molar-refractivity contribution is 5.40. The van der Waals surface area contributed by atoms with E-state index in [0.717, 1.165) is 0 Å². The van der Waals surface area contributed by atoms with Crippen molar-refractivity contribution >= 4 is 0 Å². The highest BCUT2D eigenvalue weighted by Crippen LogP contribution is 2.14. The van der Waals surface area contributed by atoms with Crippen molar-refractivity contribution in [3.8, 4) is 0 Å². The molecule has 0 heterocycles. The van der Waals surface area contributed by atoms with Gasteiger partial charge in [-0.3, -0.25) is 0 Å². The second kappa shape index (κ2) is 1.90. The summed E-state index contributed by atoms with van der Waals surface area (Å²) in [4.78, 5) is 0. The highest BCUT2D eigenvalue weighted by atomic mass is 19.3. The largest absolute Gasteiger partial charge is 0.277 e. The Bertz CT molecular complexity index is 157. The first-order valence-corrected chi connectivity index (χ1v) is 2.21. The van der Waals surface area contributed by atoms with Crippen molar-refractivity contribution in [2.75, 3.05) is 0 Å². The summed E-state index contributed by atoms with van der Waals surface area (Å²) in [5.41, 5.74) is 0.0185. The van der Waals surface area contributed by atoms with Crippen molar-refractivity contribution in [1.29, 1.82) is 0 Å². The Morgan fingerprint density at radius 1 is 1.12 bits per heavy atom. The van der Waals surface area contributed by atoms with Crippen LogP contribution in [0.15, 0.2) is 36.0 Å². The van der Waals surface area contributed by atoms with Gasteiger partial charge in [-0.2, -0.15) is 8.78 Å². The molecular formula is C6H4F2. The minimum atomic E-state index is -1.62. The van der Waals surface area contributed by atoms with Gasteiger partial charge >= 0.3 is 0 Å². The molecule has 0 fully saturated rings. The van der Waals surface area contributed by atoms with Gasteiger partial charge in [0.2, 0.25) is 0 Å². The maximum atomic E-state index is 11.5. The van der Waals surface area contributed by atoms with Crippen molar-refractivity contribution in [2.45, 2.75) is 0 Å². The fraction of sp³-hybridized carbons (Fsp3) is 0. The standard InChI is InChI=1S/C6H4F2/c7-6(8)5-3-1-2-4-5/h1-4H. The summed E-state index contributed by atoms with van der Waals surface area (Å²) in [6.45, 7) is 0. The van der Waals surface area contributed by atoms with Gasteiger partial charge in [-0.1, -0.05) is 12.2 Å². The fourth-order valence-corrected chi connectivity index (χ4v) is 0.500. The van der Waals surface area contributed by atoms with Crippen LogP contribution in [0.5, 0.6) is 0 Å². The summed E-state index contributed by atoms with van der Waals surface area (Å²) in [5, 5.41) is 0. The first kappa shape index (κ1) is 5.22. The number of allylic oxidation sites excluding steroid dienone is 5. The van der Waals surface area contributed by atoms with Crippen molar-refractivity contribution in [3.63, 3.8) is 0 Å². The second-order valence-corrected chi connectivity index (χ2v) is 1.43. The van der Waals surface area contributed by atoms with Crippen LogP contribution in [0, 0.1) is 0 Å². The molecule has 0 radical (unpaired) electrons. The van der Waals surface area contributed by atoms with Crippen molar-refractivity contribution in [3.05, 3.63) is 36.0 Å². The van der Waals surface area contributed by atoms with E-state index in [1.807, 2.05) is 0 Å². The van der Waals surface area contributed by atoms with Gasteiger partial charge in [-0.15, -0.1) is 0 Å². The van der Waals surface area contributed by atoms with E-state index in [0.29, 0.717) is 0 Å². The lowest BCUT2D eigenvalue weighted by Crippen LogP contribution is -1.66. The van der Waals surface area contributed by atoms with Crippen molar-refractivity contribution < 1.29 is 8.78 Å². The molecule has 0 atom stereocenters. The van der Waals surface area contributed by atoms with Crippen LogP contribution in [0.4, 0.5) is 8.78 Å². The lowest BCUT2D eigenvalue weighted by atomic mass is 10.3. The van der Waals surface area contributed by atoms with Crippen LogP contribution >= 0.6 is 0 Å². The maximum Gasteiger partial charge on any atom is 0.277 e. The third kappa shape index (κ3) is 0.832. The number of hydrogen-bond donors (Lipinski definition) is 0. The molecule has 0 unspecified atom stereocenters. The molecule has 1 aliphatic rings. The van der Waals surface area contributed by atoms with Crippen LogP contribution in [-0.4, -0.2) is 0 Å². The molecule has 0 aliphatic heterocycles. The molecule has 8 heavy (non-hydrogen) atoms. The molecule has 0 aromatic rings. The van der Waals surface area contributed by atoms with Gasteiger partial charge in [0.1, 0.15) is 0 Å². The van der Waals surface area contributed by atoms with Gasteiger partial charge < -0.3 is 0 Å². The maximum absolute atomic E-state index is 11.5. The monoisotopic (exact) mass is 114 g/mol. The normalized spacial score (nSPS) is 15.5. The summed E-state index contributed by atoms with van der Waals surface area (Å²) in [6, 6.07) is 0. The molecule has 0 N–H and O–H groups in total. The molecule has 0 saturated heterocycles. The molecule has 0 bridgehead atoms. The molecule has 0 spiro atoms. The van der Waals surface area contributed by atoms with E-state index in [2.05, 4.69) is 0 Å². The molecule has 0 aromatic heterocycles. The summed E-state index contributed by atoms with van der Waals surface area (Å²) in [6.07, 6.45) is 4.28. The highest BCUT2D eigenvalue weighted by Gasteiger charge is 1.98. The number of hydrogen-bond acceptors (Lipinski definition) is 0. The summed E-state index contributed by atoms with van der Waals surface area (Å²) in [7, 11) is 0. The lowest BCUT2D eigenvalue weighted by Gasteiger charge is -1.81. The van der Waals surface area contributed by atoms with Crippen molar-refractivity contribution in [2.24, 2.45) is 0 Å². The Balaban J connectivity index is 2.90. The third-order valence-corrected chi connectivity index (χ3v) is 0.881. The molecule has 0 amide bonds. The Hall–Kier alpha value is -0.920. The zero-order valence-electron chi connectivity index (χ0n) is 4.07. The summed E-state index contributed by atoms with van der Waals surface area (Å²) < 4.78 is 23.0. The van der Waals surface area contributed by atoms with Crippen LogP contribution in [0.2, 0.25) is 0 Å². The predicted molar refractivity (Wildman–Crippen MR) is 27.5 cm³/mol. The Morgan fingerprint density at radius 3 is 1.88 bits per heavy atom. The van der Waals surface area contributed by atoms with Gasteiger partial charge in [0, 0.05) is 5.57 Å². The van der Waals surface area contributed by atoms with Gasteiger partial charge in [0.05, 0.1) is 0 Å². The minimum Gasteiger partial charge on any atom is -0.173 e. The Kier molecular flexibility index (Phi) is 1.24. The molecule has 2 heteroatoms. The predicted octanol–water partition coefficient (Wildman–Crippen LogP) is 2.26. The molecule has 0 saturated carbocycles. The van der Waals surface area contributed by atoms with E-state index in [1.165, 1.54) is 12.2 Å². The van der Waals surface area contributed by atoms with Crippen LogP contribution in [0.3, 0.4) is 0 Å². The van der Waals surface area contributed by atoms with E-state index in [9.17, 15) is 8.78 Å². The molecule has 1 rings (SSSR count). The van der Waals surface area contributed by atoms with Crippen LogP contribution in [-0.2, 0) is 0 Å². The van der Waals surface area contributed by atoms with Gasteiger partial charge in [-0.05, 0) is 12.2 Å². The second-order valence-electron chi connectivity index (χ2n) is 1.43. The molecular weight excluding hydrogens is 110 g/mol. The topological polar surface area (TPSA) is 0 Å². The van der Waals surface area contributed by atoms with Crippen LogP contribution in [0.25, 0.3) is 0 Å². The molecule has 0 nitrogen and oxygen atoms in total. The number of rotatable bonds is 0. The molecule has 1 aliphatic carbocycles. The smallest absolute Gasteiger partial charge is 0.173 e. The van der Waals surface area contributed by atoms with E-state index in [4.69, 9.17) is 0 Å². The SMILES string of the molecule is FC(F)=C1C=CC=C1.